The van der Waals surface area contributed by atoms with Gasteiger partial charge in [-0.3, -0.25) is 9.69 Å². The number of nitrogens with one attached hydrogen (secondary N) is 1. The van der Waals surface area contributed by atoms with Gasteiger partial charge in [-0.05, 0) is 23.8 Å². The van der Waals surface area contributed by atoms with E-state index >= 15 is 0 Å². The predicted molar refractivity (Wildman–Crippen MR) is 127 cm³/mol. The Morgan fingerprint density at radius 3 is 2.88 bits per heavy atom. The molecule has 4 rings (SSSR count). The van der Waals surface area contributed by atoms with E-state index in [2.05, 4.69) is 15.2 Å². The van der Waals surface area contributed by atoms with Gasteiger partial charge in [0.25, 0.3) is 0 Å². The van der Waals surface area contributed by atoms with Crippen molar-refractivity contribution in [3.63, 3.8) is 0 Å². The van der Waals surface area contributed by atoms with Gasteiger partial charge in [0.1, 0.15) is 17.4 Å². The molecule has 0 saturated carbocycles. The van der Waals surface area contributed by atoms with Crippen LogP contribution < -0.4 is 10.1 Å². The molecular formula is C24H26ClN3O3S. The van der Waals surface area contributed by atoms with Crippen molar-refractivity contribution >= 4 is 28.8 Å². The number of morpholine rings is 1. The Hall–Kier alpha value is -2.45. The summed E-state index contributed by atoms with van der Waals surface area (Å²) in [5, 5.41) is 6.35. The van der Waals surface area contributed by atoms with E-state index in [1.54, 1.807) is 0 Å². The lowest BCUT2D eigenvalue weighted by Gasteiger charge is -2.26. The molecule has 32 heavy (non-hydrogen) atoms. The van der Waals surface area contributed by atoms with Crippen LogP contribution in [0.2, 0.25) is 5.02 Å². The number of rotatable bonds is 9. The van der Waals surface area contributed by atoms with E-state index in [-0.39, 0.29) is 12.3 Å². The lowest BCUT2D eigenvalue weighted by molar-refractivity contribution is -0.120. The van der Waals surface area contributed by atoms with E-state index in [9.17, 15) is 4.79 Å². The quantitative estimate of drug-likeness (QED) is 0.510. The maximum atomic E-state index is 12.4. The van der Waals surface area contributed by atoms with Gasteiger partial charge in [0, 0.05) is 37.1 Å². The fourth-order valence-electron chi connectivity index (χ4n) is 3.44. The van der Waals surface area contributed by atoms with Gasteiger partial charge >= 0.3 is 0 Å². The monoisotopic (exact) mass is 471 g/mol. The van der Waals surface area contributed by atoms with Crippen molar-refractivity contribution < 1.29 is 14.3 Å². The molecule has 1 aliphatic heterocycles. The molecule has 0 atom stereocenters. The number of carbonyl (C=O) groups excluding carboxylic acids is 1. The topological polar surface area (TPSA) is 63.7 Å². The molecule has 2 heterocycles. The summed E-state index contributed by atoms with van der Waals surface area (Å²) in [7, 11) is 0. The smallest absolute Gasteiger partial charge is 0.226 e. The van der Waals surface area contributed by atoms with Crippen LogP contribution in [0.4, 0.5) is 0 Å². The van der Waals surface area contributed by atoms with Crippen molar-refractivity contribution in [3.8, 4) is 16.3 Å². The summed E-state index contributed by atoms with van der Waals surface area (Å²) >= 11 is 7.74. The second-order valence-electron chi connectivity index (χ2n) is 7.53. The van der Waals surface area contributed by atoms with Gasteiger partial charge in [-0.1, -0.05) is 41.9 Å². The Morgan fingerprint density at radius 2 is 2.03 bits per heavy atom. The molecule has 1 N–H and O–H groups in total. The first-order valence-corrected chi connectivity index (χ1v) is 11.9. The first-order chi connectivity index (χ1) is 15.7. The van der Waals surface area contributed by atoms with Gasteiger partial charge in [0.2, 0.25) is 5.91 Å². The van der Waals surface area contributed by atoms with Crippen molar-refractivity contribution in [2.75, 3.05) is 39.5 Å². The maximum absolute atomic E-state index is 12.4. The van der Waals surface area contributed by atoms with Crippen molar-refractivity contribution in [3.05, 3.63) is 70.2 Å². The van der Waals surface area contributed by atoms with Crippen LogP contribution in [0.15, 0.2) is 53.9 Å². The molecule has 3 aromatic rings. The largest absolute Gasteiger partial charge is 0.492 e. The van der Waals surface area contributed by atoms with E-state index in [0.717, 1.165) is 60.4 Å². The third-order valence-electron chi connectivity index (χ3n) is 5.17. The van der Waals surface area contributed by atoms with Gasteiger partial charge in [-0.25, -0.2) is 4.98 Å². The number of aromatic nitrogens is 1. The maximum Gasteiger partial charge on any atom is 0.226 e. The SMILES string of the molecule is O=C(Cc1csc(-c2ccccc2Cl)n1)NCc1cccc(OCCN2CCOCC2)c1. The molecule has 168 valence electrons. The number of hydrogen-bond acceptors (Lipinski definition) is 6. The minimum Gasteiger partial charge on any atom is -0.492 e. The molecule has 0 unspecified atom stereocenters. The molecule has 0 spiro atoms. The van der Waals surface area contributed by atoms with Crippen LogP contribution in [0.1, 0.15) is 11.3 Å². The molecule has 6 nitrogen and oxygen atoms in total. The highest BCUT2D eigenvalue weighted by molar-refractivity contribution is 7.13. The molecule has 2 aromatic carbocycles. The van der Waals surface area contributed by atoms with Crippen LogP contribution in [-0.4, -0.2) is 55.2 Å². The van der Waals surface area contributed by atoms with Crippen LogP contribution >= 0.6 is 22.9 Å². The van der Waals surface area contributed by atoms with Crippen LogP contribution in [0.25, 0.3) is 10.6 Å². The fraction of sp³-hybridized carbons (Fsp3) is 0.333. The lowest BCUT2D eigenvalue weighted by atomic mass is 10.2. The molecule has 1 aliphatic rings. The third kappa shape index (κ3) is 6.53. The molecule has 0 aliphatic carbocycles. The number of amides is 1. The Labute approximate surface area is 197 Å². The van der Waals surface area contributed by atoms with E-state index in [0.29, 0.717) is 18.2 Å². The minimum atomic E-state index is -0.0698. The highest BCUT2D eigenvalue weighted by atomic mass is 35.5. The molecule has 1 fully saturated rings. The summed E-state index contributed by atoms with van der Waals surface area (Å²) in [6, 6.07) is 15.4. The van der Waals surface area contributed by atoms with Crippen LogP contribution in [0.5, 0.6) is 5.75 Å². The Bertz CT molecular complexity index is 1040. The Morgan fingerprint density at radius 1 is 1.19 bits per heavy atom. The summed E-state index contributed by atoms with van der Waals surface area (Å²) in [6.07, 6.45) is 0.233. The summed E-state index contributed by atoms with van der Waals surface area (Å²) in [5.41, 5.74) is 2.62. The van der Waals surface area contributed by atoms with E-state index in [1.165, 1.54) is 11.3 Å². The highest BCUT2D eigenvalue weighted by Crippen LogP contribution is 2.30. The van der Waals surface area contributed by atoms with Gasteiger partial charge < -0.3 is 14.8 Å². The molecular weight excluding hydrogens is 446 g/mol. The minimum absolute atomic E-state index is 0.0698. The fourth-order valence-corrected chi connectivity index (χ4v) is 4.58. The number of benzene rings is 2. The van der Waals surface area contributed by atoms with Crippen molar-refractivity contribution in [1.82, 2.24) is 15.2 Å². The van der Waals surface area contributed by atoms with Gasteiger partial charge in [0.05, 0.1) is 30.4 Å². The zero-order valence-corrected chi connectivity index (χ0v) is 19.3. The number of carbonyl (C=O) groups is 1. The number of thiazole rings is 1. The van der Waals surface area contributed by atoms with Crippen LogP contribution in [0, 0.1) is 0 Å². The summed E-state index contributed by atoms with van der Waals surface area (Å²) < 4.78 is 11.3. The standard InChI is InChI=1S/C24H26ClN3O3S/c25-22-7-2-1-6-21(22)24-27-19(17-32-24)15-23(29)26-16-18-4-3-5-20(14-18)31-13-10-28-8-11-30-12-9-28/h1-7,14,17H,8-13,15-16H2,(H,26,29). The van der Waals surface area contributed by atoms with Crippen LogP contribution in [-0.2, 0) is 22.5 Å². The number of ether oxygens (including phenoxy) is 2. The molecule has 0 radical (unpaired) electrons. The third-order valence-corrected chi connectivity index (χ3v) is 6.42. The highest BCUT2D eigenvalue weighted by Gasteiger charge is 2.12. The summed E-state index contributed by atoms with van der Waals surface area (Å²) in [5.74, 6) is 0.744. The zero-order valence-electron chi connectivity index (χ0n) is 17.8. The number of halogens is 1. The predicted octanol–water partition coefficient (Wildman–Crippen LogP) is 4.03. The first-order valence-electron chi connectivity index (χ1n) is 10.7. The van der Waals surface area contributed by atoms with Crippen molar-refractivity contribution in [2.45, 2.75) is 13.0 Å². The van der Waals surface area contributed by atoms with Crippen molar-refractivity contribution in [2.24, 2.45) is 0 Å². The molecule has 1 amide bonds. The molecule has 0 bridgehead atoms. The van der Waals surface area contributed by atoms with E-state index < -0.39 is 0 Å². The second kappa shape index (κ2) is 11.4. The van der Waals surface area contributed by atoms with Crippen LogP contribution in [0.3, 0.4) is 0 Å². The average molecular weight is 472 g/mol. The van der Waals surface area contributed by atoms with E-state index in [1.807, 2.05) is 53.9 Å². The Balaban J connectivity index is 1.23. The van der Waals surface area contributed by atoms with Gasteiger partial charge in [-0.2, -0.15) is 0 Å². The first kappa shape index (κ1) is 22.7. The van der Waals surface area contributed by atoms with Gasteiger partial charge in [0.15, 0.2) is 0 Å². The van der Waals surface area contributed by atoms with E-state index in [4.69, 9.17) is 21.1 Å². The second-order valence-corrected chi connectivity index (χ2v) is 8.79. The average Bonchev–Trinajstić information content (AvgIpc) is 3.27. The Kier molecular flexibility index (Phi) is 8.12. The summed E-state index contributed by atoms with van der Waals surface area (Å²) in [6.45, 7) is 5.44. The van der Waals surface area contributed by atoms with Crippen molar-refractivity contribution in [1.29, 1.82) is 0 Å². The molecule has 1 saturated heterocycles. The van der Waals surface area contributed by atoms with Gasteiger partial charge in [-0.15, -0.1) is 11.3 Å². The normalized spacial score (nSPS) is 14.3. The summed E-state index contributed by atoms with van der Waals surface area (Å²) in [4.78, 5) is 19.3. The lowest BCUT2D eigenvalue weighted by Crippen LogP contribution is -2.38. The molecule has 8 heteroatoms. The number of nitrogens with zero attached hydrogens (tertiary/aromatic N) is 2. The molecule has 1 aromatic heterocycles. The number of hydrogen-bond donors (Lipinski definition) is 1. The zero-order chi connectivity index (χ0) is 22.2.